The molecule has 0 bridgehead atoms. The van der Waals surface area contributed by atoms with Crippen molar-refractivity contribution in [3.05, 3.63) is 28.2 Å². The van der Waals surface area contributed by atoms with E-state index in [0.29, 0.717) is 6.10 Å². The van der Waals surface area contributed by atoms with E-state index in [-0.39, 0.29) is 0 Å². The molecule has 1 N–H and O–H groups in total. The van der Waals surface area contributed by atoms with Crippen molar-refractivity contribution in [1.82, 2.24) is 5.32 Å². The second-order valence-corrected chi connectivity index (χ2v) is 5.90. The number of halogens is 1. The Balaban J connectivity index is 2.10. The quantitative estimate of drug-likeness (QED) is 0.919. The Morgan fingerprint density at radius 2 is 2.32 bits per heavy atom. The predicted molar refractivity (Wildman–Crippen MR) is 83.8 cm³/mol. The van der Waals surface area contributed by atoms with Crippen molar-refractivity contribution < 1.29 is 4.74 Å². The van der Waals surface area contributed by atoms with Crippen LogP contribution in [0.4, 0.5) is 5.69 Å². The van der Waals surface area contributed by atoms with Gasteiger partial charge < -0.3 is 15.0 Å². The van der Waals surface area contributed by atoms with Gasteiger partial charge in [0.05, 0.1) is 11.8 Å². The fraction of sp³-hybridized carbons (Fsp3) is 0.600. The first kappa shape index (κ1) is 14.8. The molecule has 0 amide bonds. The first-order valence-electron chi connectivity index (χ1n) is 7.06. The molecule has 0 radical (unpaired) electrons. The highest BCUT2D eigenvalue weighted by Crippen LogP contribution is 2.28. The first-order chi connectivity index (χ1) is 9.20. The molecule has 3 nitrogen and oxygen atoms in total. The lowest BCUT2D eigenvalue weighted by Crippen LogP contribution is -2.30. The molecule has 1 aliphatic heterocycles. The minimum atomic E-state index is 0.302. The summed E-state index contributed by atoms with van der Waals surface area (Å²) in [5.74, 6) is 0. The van der Waals surface area contributed by atoms with Crippen molar-refractivity contribution in [2.24, 2.45) is 0 Å². The molecule has 1 unspecified atom stereocenters. The molecule has 4 heteroatoms. The van der Waals surface area contributed by atoms with Crippen LogP contribution in [0, 0.1) is 0 Å². The third-order valence-corrected chi connectivity index (χ3v) is 4.02. The van der Waals surface area contributed by atoms with Gasteiger partial charge in [-0.2, -0.15) is 0 Å². The lowest BCUT2D eigenvalue weighted by molar-refractivity contribution is 0.0821. The normalized spacial score (nSPS) is 20.4. The first-order valence-corrected chi connectivity index (χ1v) is 7.85. The van der Waals surface area contributed by atoms with Crippen LogP contribution in [0.15, 0.2) is 22.7 Å². The summed E-state index contributed by atoms with van der Waals surface area (Å²) < 4.78 is 6.88. The molecule has 0 spiro atoms. The molecule has 0 aliphatic carbocycles. The van der Waals surface area contributed by atoms with Crippen molar-refractivity contribution >= 4 is 21.6 Å². The highest BCUT2D eigenvalue weighted by atomic mass is 79.9. The minimum Gasteiger partial charge on any atom is -0.377 e. The van der Waals surface area contributed by atoms with Crippen LogP contribution >= 0.6 is 15.9 Å². The third-order valence-electron chi connectivity index (χ3n) is 3.38. The number of anilines is 1. The van der Waals surface area contributed by atoms with Gasteiger partial charge in [-0.3, -0.25) is 0 Å². The van der Waals surface area contributed by atoms with E-state index in [1.807, 2.05) is 0 Å². The highest BCUT2D eigenvalue weighted by molar-refractivity contribution is 9.10. The standard InChI is InChI=1S/C15H23BrN2O/c1-3-17-10-13-5-6-15(14(16)9-13)18-7-4-8-19-12(2)11-18/h5-6,9,12,17H,3-4,7-8,10-11H2,1-2H3. The van der Waals surface area contributed by atoms with Crippen LogP contribution in [0.25, 0.3) is 0 Å². The van der Waals surface area contributed by atoms with Crippen molar-refractivity contribution in [2.45, 2.75) is 32.9 Å². The number of hydrogen-bond acceptors (Lipinski definition) is 3. The van der Waals surface area contributed by atoms with Gasteiger partial charge >= 0.3 is 0 Å². The zero-order chi connectivity index (χ0) is 13.7. The minimum absolute atomic E-state index is 0.302. The maximum atomic E-state index is 5.70. The average molecular weight is 327 g/mol. The van der Waals surface area contributed by atoms with Gasteiger partial charge in [0, 0.05) is 30.7 Å². The number of ether oxygens (including phenoxy) is 1. The molecule has 1 aromatic carbocycles. The molecule has 1 heterocycles. The van der Waals surface area contributed by atoms with E-state index in [9.17, 15) is 0 Å². The van der Waals surface area contributed by atoms with Gasteiger partial charge in [-0.25, -0.2) is 0 Å². The van der Waals surface area contributed by atoms with Gasteiger partial charge in [0.25, 0.3) is 0 Å². The maximum Gasteiger partial charge on any atom is 0.0721 e. The average Bonchev–Trinajstić information content (AvgIpc) is 2.61. The van der Waals surface area contributed by atoms with Crippen LogP contribution in [-0.2, 0) is 11.3 Å². The molecule has 1 aliphatic rings. The summed E-state index contributed by atoms with van der Waals surface area (Å²) >= 11 is 3.71. The van der Waals surface area contributed by atoms with Crippen LogP contribution in [-0.4, -0.2) is 32.3 Å². The lowest BCUT2D eigenvalue weighted by Gasteiger charge is -2.25. The van der Waals surface area contributed by atoms with Crippen LogP contribution < -0.4 is 10.2 Å². The monoisotopic (exact) mass is 326 g/mol. The fourth-order valence-corrected chi connectivity index (χ4v) is 3.08. The molecule has 1 saturated heterocycles. The summed E-state index contributed by atoms with van der Waals surface area (Å²) in [6.45, 7) is 9.09. The van der Waals surface area contributed by atoms with Crippen LogP contribution in [0.5, 0.6) is 0 Å². The summed E-state index contributed by atoms with van der Waals surface area (Å²) in [6.07, 6.45) is 1.39. The molecular weight excluding hydrogens is 304 g/mol. The number of benzene rings is 1. The van der Waals surface area contributed by atoms with E-state index < -0.39 is 0 Å². The van der Waals surface area contributed by atoms with Crippen molar-refractivity contribution in [2.75, 3.05) is 31.1 Å². The third kappa shape index (κ3) is 4.20. The number of nitrogens with zero attached hydrogens (tertiary/aromatic N) is 1. The van der Waals surface area contributed by atoms with Crippen LogP contribution in [0.1, 0.15) is 25.8 Å². The second kappa shape index (κ2) is 7.27. The molecular formula is C15H23BrN2O. The predicted octanol–water partition coefficient (Wildman–Crippen LogP) is 3.17. The summed E-state index contributed by atoms with van der Waals surface area (Å²) in [6, 6.07) is 6.64. The molecule has 1 fully saturated rings. The Kier molecular flexibility index (Phi) is 5.67. The molecule has 0 saturated carbocycles. The van der Waals surface area contributed by atoms with Crippen molar-refractivity contribution in [3.8, 4) is 0 Å². The van der Waals surface area contributed by atoms with Gasteiger partial charge in [-0.15, -0.1) is 0 Å². The van der Waals surface area contributed by atoms with Gasteiger partial charge in [-0.1, -0.05) is 13.0 Å². The lowest BCUT2D eigenvalue weighted by atomic mass is 10.2. The van der Waals surface area contributed by atoms with Crippen molar-refractivity contribution in [3.63, 3.8) is 0 Å². The van der Waals surface area contributed by atoms with Crippen LogP contribution in [0.3, 0.4) is 0 Å². The second-order valence-electron chi connectivity index (χ2n) is 5.05. The van der Waals surface area contributed by atoms with E-state index in [4.69, 9.17) is 4.74 Å². The molecule has 1 atom stereocenters. The zero-order valence-electron chi connectivity index (χ0n) is 11.8. The Labute approximate surface area is 124 Å². The van der Waals surface area contributed by atoms with Gasteiger partial charge in [0.2, 0.25) is 0 Å². The van der Waals surface area contributed by atoms with Crippen molar-refractivity contribution in [1.29, 1.82) is 0 Å². The Morgan fingerprint density at radius 3 is 3.05 bits per heavy atom. The van der Waals surface area contributed by atoms with E-state index in [2.05, 4.69) is 58.2 Å². The molecule has 19 heavy (non-hydrogen) atoms. The number of nitrogens with one attached hydrogen (secondary N) is 1. The molecule has 1 aromatic rings. The van der Waals surface area contributed by atoms with E-state index in [0.717, 1.165) is 39.2 Å². The fourth-order valence-electron chi connectivity index (χ4n) is 2.40. The Morgan fingerprint density at radius 1 is 1.47 bits per heavy atom. The maximum absolute atomic E-state index is 5.70. The topological polar surface area (TPSA) is 24.5 Å². The smallest absolute Gasteiger partial charge is 0.0721 e. The Hall–Kier alpha value is -0.580. The number of rotatable bonds is 4. The van der Waals surface area contributed by atoms with Gasteiger partial charge in [-0.05, 0) is 53.5 Å². The summed E-state index contributed by atoms with van der Waals surface area (Å²) in [4.78, 5) is 2.42. The summed E-state index contributed by atoms with van der Waals surface area (Å²) in [7, 11) is 0. The molecule has 2 rings (SSSR count). The largest absolute Gasteiger partial charge is 0.377 e. The van der Waals surface area contributed by atoms with Crippen LogP contribution in [0.2, 0.25) is 0 Å². The summed E-state index contributed by atoms with van der Waals surface area (Å²) in [5.41, 5.74) is 2.59. The van der Waals surface area contributed by atoms with E-state index in [1.165, 1.54) is 15.7 Å². The zero-order valence-corrected chi connectivity index (χ0v) is 13.4. The van der Waals surface area contributed by atoms with Gasteiger partial charge in [0.1, 0.15) is 0 Å². The summed E-state index contributed by atoms with van der Waals surface area (Å²) in [5, 5.41) is 3.35. The number of hydrogen-bond donors (Lipinski definition) is 1. The molecule has 0 aromatic heterocycles. The van der Waals surface area contributed by atoms with E-state index in [1.54, 1.807) is 0 Å². The molecule has 106 valence electrons. The Bertz CT molecular complexity index is 411. The van der Waals surface area contributed by atoms with E-state index >= 15 is 0 Å². The van der Waals surface area contributed by atoms with Gasteiger partial charge in [0.15, 0.2) is 0 Å². The SMILES string of the molecule is CCNCc1ccc(N2CCCOC(C)C2)c(Br)c1. The highest BCUT2D eigenvalue weighted by Gasteiger charge is 2.17.